The molecule has 0 spiro atoms. The molecule has 0 N–H and O–H groups in total. The summed E-state index contributed by atoms with van der Waals surface area (Å²) in [5, 5.41) is 11.5. The van der Waals surface area contributed by atoms with Gasteiger partial charge >= 0.3 is 0 Å². The highest BCUT2D eigenvalue weighted by Crippen LogP contribution is 2.54. The summed E-state index contributed by atoms with van der Waals surface area (Å²) in [5.41, 5.74) is 21.9. The molecular weight excluding hydrogens is 925 g/mol. The van der Waals surface area contributed by atoms with Crippen LogP contribution in [0.2, 0.25) is 0 Å². The first-order chi connectivity index (χ1) is 37.2. The molecule has 0 aliphatic rings. The summed E-state index contributed by atoms with van der Waals surface area (Å²) in [6, 6.07) is 76.6. The van der Waals surface area contributed by atoms with Gasteiger partial charge in [-0.3, -0.25) is 0 Å². The van der Waals surface area contributed by atoms with E-state index < -0.39 is 0 Å². The quantitative estimate of drug-likeness (QED) is 0.128. The molecule has 0 aliphatic carbocycles. The second kappa shape index (κ2) is 17.8. The van der Waals surface area contributed by atoms with E-state index in [0.717, 1.165) is 102 Å². The van der Waals surface area contributed by atoms with Gasteiger partial charge in [0.2, 0.25) is 0 Å². The molecule has 0 bridgehead atoms. The molecule has 76 heavy (non-hydrogen) atoms. The SMILES string of the molecule is CCc1ccc(-c2cc(N(c3ccc(C)c(C)c3)c3cccc4c3oc3ccccc34)c3ccc4c(-c5ccc(CC)cc5)cc(N(c5ccc(C)c(C)c5)c5cccc6c5oc5ccccc56)c5ccc2c3c45)cc1. The number of hydrogen-bond donors (Lipinski definition) is 0. The zero-order chi connectivity index (χ0) is 51.3. The summed E-state index contributed by atoms with van der Waals surface area (Å²) in [7, 11) is 0. The first-order valence-corrected chi connectivity index (χ1v) is 26.8. The standard InChI is InChI=1S/C72H56N2O2/c1-7-47-25-29-49(30-26-47)61-41-65(73(51-33-23-43(3)45(5)39-51)63-19-13-17-57-53-15-9-11-21-67(53)75-71(57)63)59-38-36-56-62(50-31-27-48(8-2)28-32-50)42-66(60-37-35-55(61)69(59)70(56)60)74(52-34-24-44(4)46(6)40-52)64-20-14-18-58-54-16-10-12-22-68(54)76-72(58)64/h9-42H,7-8H2,1-6H3. The average Bonchev–Trinajstić information content (AvgIpc) is 4.10. The number of hydrogen-bond acceptors (Lipinski definition) is 4. The van der Waals surface area contributed by atoms with Crippen LogP contribution in [0.15, 0.2) is 215 Å². The molecule has 0 radical (unpaired) electrons. The van der Waals surface area contributed by atoms with Crippen LogP contribution in [-0.2, 0) is 12.8 Å². The fourth-order valence-electron chi connectivity index (χ4n) is 12.0. The molecular formula is C72H56N2O2. The highest BCUT2D eigenvalue weighted by Gasteiger charge is 2.29. The lowest BCUT2D eigenvalue weighted by Gasteiger charge is -2.31. The first-order valence-electron chi connectivity index (χ1n) is 26.8. The highest BCUT2D eigenvalue weighted by molar-refractivity contribution is 6.33. The summed E-state index contributed by atoms with van der Waals surface area (Å²) >= 11 is 0. The van der Waals surface area contributed by atoms with Gasteiger partial charge in [0.25, 0.3) is 0 Å². The zero-order valence-corrected chi connectivity index (χ0v) is 43.8. The normalized spacial score (nSPS) is 11.9. The summed E-state index contributed by atoms with van der Waals surface area (Å²) in [5.74, 6) is 0. The van der Waals surface area contributed by atoms with Crippen molar-refractivity contribution in [2.24, 2.45) is 0 Å². The number of para-hydroxylation sites is 4. The van der Waals surface area contributed by atoms with Crippen LogP contribution < -0.4 is 9.80 Å². The van der Waals surface area contributed by atoms with Crippen molar-refractivity contribution in [2.75, 3.05) is 9.80 Å². The summed E-state index contributed by atoms with van der Waals surface area (Å²) in [4.78, 5) is 4.92. The van der Waals surface area contributed by atoms with Crippen molar-refractivity contribution in [1.29, 1.82) is 0 Å². The van der Waals surface area contributed by atoms with E-state index in [4.69, 9.17) is 8.83 Å². The first kappa shape index (κ1) is 45.5. The van der Waals surface area contributed by atoms with Crippen LogP contribution in [0.3, 0.4) is 0 Å². The predicted molar refractivity (Wildman–Crippen MR) is 323 cm³/mol. The van der Waals surface area contributed by atoms with E-state index in [-0.39, 0.29) is 0 Å². The lowest BCUT2D eigenvalue weighted by atomic mass is 9.85. The average molecular weight is 981 g/mol. The van der Waals surface area contributed by atoms with Crippen LogP contribution in [0.4, 0.5) is 34.1 Å². The summed E-state index contributed by atoms with van der Waals surface area (Å²) in [6.45, 7) is 13.3. The van der Waals surface area contributed by atoms with Crippen LogP contribution in [-0.4, -0.2) is 0 Å². The third kappa shape index (κ3) is 7.12. The van der Waals surface area contributed by atoms with Gasteiger partial charge < -0.3 is 18.6 Å². The van der Waals surface area contributed by atoms with Gasteiger partial charge in [0.1, 0.15) is 11.2 Å². The molecule has 4 heteroatoms. The largest absolute Gasteiger partial charge is 0.454 e. The second-order valence-corrected chi connectivity index (χ2v) is 20.8. The smallest absolute Gasteiger partial charge is 0.159 e. The molecule has 0 fully saturated rings. The lowest BCUT2D eigenvalue weighted by Crippen LogP contribution is -2.13. The maximum Gasteiger partial charge on any atom is 0.159 e. The Morgan fingerprint density at radius 3 is 1.12 bits per heavy atom. The topological polar surface area (TPSA) is 32.8 Å². The van der Waals surface area contributed by atoms with Crippen LogP contribution in [0.25, 0.3) is 98.4 Å². The lowest BCUT2D eigenvalue weighted by molar-refractivity contribution is 0.669. The molecule has 0 atom stereocenters. The maximum atomic E-state index is 6.94. The van der Waals surface area contributed by atoms with Crippen LogP contribution in [0.1, 0.15) is 47.2 Å². The molecule has 366 valence electrons. The molecule has 2 heterocycles. The molecule has 4 nitrogen and oxygen atoms in total. The van der Waals surface area contributed by atoms with E-state index in [1.54, 1.807) is 0 Å². The molecule has 14 rings (SSSR count). The monoisotopic (exact) mass is 980 g/mol. The predicted octanol–water partition coefficient (Wildman–Crippen LogP) is 21.0. The number of benzene rings is 12. The number of fused-ring (bicyclic) bond motifs is 6. The van der Waals surface area contributed by atoms with E-state index in [1.165, 1.54) is 77.2 Å². The molecule has 0 saturated carbocycles. The Labute approximate surface area is 443 Å². The molecule has 0 aliphatic heterocycles. The van der Waals surface area contributed by atoms with Crippen molar-refractivity contribution in [3.8, 4) is 22.3 Å². The van der Waals surface area contributed by atoms with Crippen molar-refractivity contribution >= 4 is 110 Å². The second-order valence-electron chi connectivity index (χ2n) is 20.8. The number of furan rings is 2. The van der Waals surface area contributed by atoms with Crippen LogP contribution >= 0.6 is 0 Å². The fraction of sp³-hybridized carbons (Fsp3) is 0.111. The van der Waals surface area contributed by atoms with Gasteiger partial charge in [-0.15, -0.1) is 0 Å². The Morgan fingerprint density at radius 1 is 0.316 bits per heavy atom. The fourth-order valence-corrected chi connectivity index (χ4v) is 12.0. The highest BCUT2D eigenvalue weighted by atomic mass is 16.3. The van der Waals surface area contributed by atoms with E-state index in [1.807, 2.05) is 0 Å². The Morgan fingerprint density at radius 2 is 0.711 bits per heavy atom. The minimum atomic E-state index is 0.852. The Kier molecular flexibility index (Phi) is 10.6. The van der Waals surface area contributed by atoms with Gasteiger partial charge in [-0.1, -0.05) is 159 Å². The van der Waals surface area contributed by atoms with Crippen molar-refractivity contribution in [1.82, 2.24) is 0 Å². The molecule has 2 aromatic heterocycles. The Hall–Kier alpha value is -9.12. The van der Waals surface area contributed by atoms with Gasteiger partial charge in [0, 0.05) is 54.5 Å². The van der Waals surface area contributed by atoms with E-state index in [0.29, 0.717) is 0 Å². The number of aryl methyl sites for hydroxylation is 6. The Bertz CT molecular complexity index is 4300. The van der Waals surface area contributed by atoms with Crippen molar-refractivity contribution < 1.29 is 8.83 Å². The number of anilines is 6. The molecule has 0 saturated heterocycles. The Balaban J connectivity index is 1.15. The summed E-state index contributed by atoms with van der Waals surface area (Å²) in [6.07, 6.45) is 1.94. The van der Waals surface area contributed by atoms with Gasteiger partial charge in [0.05, 0.1) is 22.7 Å². The molecule has 0 unspecified atom stereocenters. The van der Waals surface area contributed by atoms with Crippen molar-refractivity contribution in [3.63, 3.8) is 0 Å². The van der Waals surface area contributed by atoms with E-state index in [2.05, 4.69) is 258 Å². The molecule has 12 aromatic carbocycles. The van der Waals surface area contributed by atoms with E-state index in [9.17, 15) is 0 Å². The van der Waals surface area contributed by atoms with E-state index >= 15 is 0 Å². The minimum absolute atomic E-state index is 0.852. The third-order valence-electron chi connectivity index (χ3n) is 16.4. The van der Waals surface area contributed by atoms with Crippen LogP contribution in [0, 0.1) is 27.7 Å². The molecule has 0 amide bonds. The third-order valence-corrected chi connectivity index (χ3v) is 16.4. The molecule has 14 aromatic rings. The number of nitrogens with zero attached hydrogens (tertiary/aromatic N) is 2. The van der Waals surface area contributed by atoms with Gasteiger partial charge in [-0.05, 0) is 168 Å². The van der Waals surface area contributed by atoms with Crippen LogP contribution in [0.5, 0.6) is 0 Å². The van der Waals surface area contributed by atoms with Gasteiger partial charge in [-0.2, -0.15) is 0 Å². The van der Waals surface area contributed by atoms with Gasteiger partial charge in [0.15, 0.2) is 11.2 Å². The van der Waals surface area contributed by atoms with Crippen molar-refractivity contribution in [3.05, 3.63) is 240 Å². The number of rotatable bonds is 10. The summed E-state index contributed by atoms with van der Waals surface area (Å²) < 4.78 is 13.9. The van der Waals surface area contributed by atoms with Crippen molar-refractivity contribution in [2.45, 2.75) is 54.4 Å². The minimum Gasteiger partial charge on any atom is -0.454 e. The maximum absolute atomic E-state index is 6.94. The zero-order valence-electron chi connectivity index (χ0n) is 43.8. The van der Waals surface area contributed by atoms with Gasteiger partial charge in [-0.25, -0.2) is 0 Å².